The number of halogens is 3. The minimum absolute atomic E-state index is 0.0659. The average molecular weight is 261 g/mol. The quantitative estimate of drug-likeness (QED) is 0.905. The number of ether oxygens (including phenoxy) is 2. The normalized spacial score (nSPS) is 19.2. The Kier molecular flexibility index (Phi) is 3.77. The highest BCUT2D eigenvalue weighted by molar-refractivity contribution is 5.39. The van der Waals surface area contributed by atoms with Gasteiger partial charge in [-0.25, -0.2) is 0 Å². The molecule has 1 aromatic rings. The molecule has 1 aliphatic rings. The van der Waals surface area contributed by atoms with Crippen LogP contribution in [0.4, 0.5) is 13.2 Å². The zero-order valence-electron chi connectivity index (χ0n) is 9.67. The maximum absolute atomic E-state index is 11.9. The Balaban J connectivity index is 1.96. The van der Waals surface area contributed by atoms with Gasteiger partial charge in [0.15, 0.2) is 0 Å². The van der Waals surface area contributed by atoms with Crippen LogP contribution in [0.25, 0.3) is 0 Å². The second-order valence-electron chi connectivity index (χ2n) is 4.33. The van der Waals surface area contributed by atoms with E-state index in [-0.39, 0.29) is 12.6 Å². The lowest BCUT2D eigenvalue weighted by Gasteiger charge is -2.22. The molecule has 0 aliphatic carbocycles. The molecule has 0 unspecified atom stereocenters. The van der Waals surface area contributed by atoms with E-state index in [1.54, 1.807) is 18.2 Å². The first kappa shape index (κ1) is 13.2. The van der Waals surface area contributed by atoms with Gasteiger partial charge in [0, 0.05) is 6.04 Å². The summed E-state index contributed by atoms with van der Waals surface area (Å²) >= 11 is 0. The molecule has 1 heterocycles. The van der Waals surface area contributed by atoms with Gasteiger partial charge in [0.25, 0.3) is 0 Å². The molecule has 1 atom stereocenters. The summed E-state index contributed by atoms with van der Waals surface area (Å²) in [7, 11) is 0. The van der Waals surface area contributed by atoms with Crippen LogP contribution in [-0.4, -0.2) is 25.4 Å². The Morgan fingerprint density at radius 2 is 2.17 bits per heavy atom. The van der Waals surface area contributed by atoms with Gasteiger partial charge in [-0.2, -0.15) is 13.2 Å². The summed E-state index contributed by atoms with van der Waals surface area (Å²) in [5.41, 5.74) is 7.36. The molecule has 6 heteroatoms. The van der Waals surface area contributed by atoms with E-state index in [0.717, 1.165) is 11.3 Å². The van der Waals surface area contributed by atoms with Crippen molar-refractivity contribution < 1.29 is 22.6 Å². The summed E-state index contributed by atoms with van der Waals surface area (Å²) in [6, 6.07) is 5.16. The van der Waals surface area contributed by atoms with E-state index >= 15 is 0 Å². The maximum atomic E-state index is 11.9. The van der Waals surface area contributed by atoms with Crippen molar-refractivity contribution in [1.82, 2.24) is 0 Å². The lowest BCUT2D eigenvalue weighted by atomic mass is 10.0. The predicted molar refractivity (Wildman–Crippen MR) is 59.3 cm³/mol. The summed E-state index contributed by atoms with van der Waals surface area (Å²) < 4.78 is 45.8. The van der Waals surface area contributed by atoms with Crippen molar-refractivity contribution in [2.45, 2.75) is 25.2 Å². The van der Waals surface area contributed by atoms with Crippen LogP contribution in [-0.2, 0) is 17.8 Å². The van der Waals surface area contributed by atoms with E-state index in [2.05, 4.69) is 4.74 Å². The number of rotatable bonds is 3. The van der Waals surface area contributed by atoms with Crippen LogP contribution in [0.1, 0.15) is 11.1 Å². The lowest BCUT2D eigenvalue weighted by Crippen LogP contribution is -2.33. The third-order valence-corrected chi connectivity index (χ3v) is 2.59. The average Bonchev–Trinajstić information content (AvgIpc) is 2.26. The van der Waals surface area contributed by atoms with Crippen molar-refractivity contribution >= 4 is 0 Å². The second kappa shape index (κ2) is 5.16. The molecule has 2 N–H and O–H groups in total. The standard InChI is InChI=1S/C12H14F3NO2/c13-12(14,15)7-17-5-8-1-2-11-9(3-8)4-10(16)6-18-11/h1-3,10H,4-7,16H2/t10-/m1/s1. The van der Waals surface area contributed by atoms with Crippen LogP contribution >= 0.6 is 0 Å². The molecule has 0 amide bonds. The van der Waals surface area contributed by atoms with Crippen molar-refractivity contribution in [3.05, 3.63) is 29.3 Å². The minimum atomic E-state index is -4.29. The SMILES string of the molecule is N[C@H]1COc2ccc(COCC(F)(F)F)cc2C1. The highest BCUT2D eigenvalue weighted by Crippen LogP contribution is 2.25. The van der Waals surface area contributed by atoms with Crippen molar-refractivity contribution in [1.29, 1.82) is 0 Å². The maximum Gasteiger partial charge on any atom is 0.411 e. The number of benzene rings is 1. The molecule has 2 rings (SSSR count). The number of fused-ring (bicyclic) bond motifs is 1. The first-order valence-electron chi connectivity index (χ1n) is 5.59. The van der Waals surface area contributed by atoms with Crippen LogP contribution in [0.15, 0.2) is 18.2 Å². The molecular formula is C12H14F3NO2. The molecule has 3 nitrogen and oxygen atoms in total. The Hall–Kier alpha value is -1.27. The molecule has 1 aliphatic heterocycles. The van der Waals surface area contributed by atoms with E-state index in [9.17, 15) is 13.2 Å². The van der Waals surface area contributed by atoms with Crippen molar-refractivity contribution in [2.75, 3.05) is 13.2 Å². The fourth-order valence-corrected chi connectivity index (χ4v) is 1.85. The molecule has 0 bridgehead atoms. The van der Waals surface area contributed by atoms with Crippen molar-refractivity contribution in [2.24, 2.45) is 5.73 Å². The Morgan fingerprint density at radius 3 is 2.89 bits per heavy atom. The molecule has 0 aromatic heterocycles. The second-order valence-corrected chi connectivity index (χ2v) is 4.33. The van der Waals surface area contributed by atoms with Gasteiger partial charge in [-0.3, -0.25) is 0 Å². The summed E-state index contributed by atoms with van der Waals surface area (Å²) in [5.74, 6) is 0.747. The fraction of sp³-hybridized carbons (Fsp3) is 0.500. The predicted octanol–water partition coefficient (Wildman–Crippen LogP) is 2.03. The molecular weight excluding hydrogens is 247 g/mol. The molecule has 100 valence electrons. The molecule has 0 spiro atoms. The van der Waals surface area contributed by atoms with Crippen LogP contribution < -0.4 is 10.5 Å². The van der Waals surface area contributed by atoms with Gasteiger partial charge >= 0.3 is 6.18 Å². The number of hydrogen-bond acceptors (Lipinski definition) is 3. The van der Waals surface area contributed by atoms with E-state index < -0.39 is 12.8 Å². The van der Waals surface area contributed by atoms with Crippen LogP contribution in [0.3, 0.4) is 0 Å². The molecule has 18 heavy (non-hydrogen) atoms. The third-order valence-electron chi connectivity index (χ3n) is 2.59. The van der Waals surface area contributed by atoms with Crippen LogP contribution in [0, 0.1) is 0 Å². The zero-order chi connectivity index (χ0) is 13.2. The molecule has 1 aromatic carbocycles. The van der Waals surface area contributed by atoms with Gasteiger partial charge in [0.05, 0.1) is 6.61 Å². The Bertz CT molecular complexity index is 420. The van der Waals surface area contributed by atoms with E-state index in [1.165, 1.54) is 0 Å². The lowest BCUT2D eigenvalue weighted by molar-refractivity contribution is -0.176. The van der Waals surface area contributed by atoms with Gasteiger partial charge in [-0.15, -0.1) is 0 Å². The van der Waals surface area contributed by atoms with Crippen molar-refractivity contribution in [3.63, 3.8) is 0 Å². The summed E-state index contributed by atoms with van der Waals surface area (Å²) in [4.78, 5) is 0. The minimum Gasteiger partial charge on any atom is -0.492 e. The number of nitrogens with two attached hydrogens (primary N) is 1. The zero-order valence-corrected chi connectivity index (χ0v) is 9.67. The molecule has 0 radical (unpaired) electrons. The van der Waals surface area contributed by atoms with E-state index in [1.807, 2.05) is 0 Å². The number of alkyl halides is 3. The topological polar surface area (TPSA) is 44.5 Å². The Labute approximate surface area is 103 Å². The van der Waals surface area contributed by atoms with Gasteiger partial charge in [-0.1, -0.05) is 6.07 Å². The van der Waals surface area contributed by atoms with Crippen LogP contribution in [0.5, 0.6) is 5.75 Å². The summed E-state index contributed by atoms with van der Waals surface area (Å²) in [6.45, 7) is -0.834. The Morgan fingerprint density at radius 1 is 1.39 bits per heavy atom. The first-order valence-corrected chi connectivity index (χ1v) is 5.59. The molecule has 0 saturated carbocycles. The number of hydrogen-bond donors (Lipinski definition) is 1. The largest absolute Gasteiger partial charge is 0.492 e. The smallest absolute Gasteiger partial charge is 0.411 e. The van der Waals surface area contributed by atoms with Crippen molar-refractivity contribution in [3.8, 4) is 5.75 Å². The van der Waals surface area contributed by atoms with E-state index in [4.69, 9.17) is 10.5 Å². The van der Waals surface area contributed by atoms with Crippen LogP contribution in [0.2, 0.25) is 0 Å². The van der Waals surface area contributed by atoms with Gasteiger partial charge in [0.1, 0.15) is 19.0 Å². The monoisotopic (exact) mass is 261 g/mol. The van der Waals surface area contributed by atoms with Gasteiger partial charge in [-0.05, 0) is 29.7 Å². The summed E-state index contributed by atoms with van der Waals surface area (Å²) in [5, 5.41) is 0. The third kappa shape index (κ3) is 3.61. The first-order chi connectivity index (χ1) is 8.44. The highest BCUT2D eigenvalue weighted by atomic mass is 19.4. The van der Waals surface area contributed by atoms with E-state index in [0.29, 0.717) is 18.6 Å². The van der Waals surface area contributed by atoms with Gasteiger partial charge in [0.2, 0.25) is 0 Å². The van der Waals surface area contributed by atoms with Gasteiger partial charge < -0.3 is 15.2 Å². The fourth-order valence-electron chi connectivity index (χ4n) is 1.85. The molecule has 0 fully saturated rings. The summed E-state index contributed by atoms with van der Waals surface area (Å²) in [6.07, 6.45) is -3.62. The highest BCUT2D eigenvalue weighted by Gasteiger charge is 2.27. The molecule has 0 saturated heterocycles.